The van der Waals surface area contributed by atoms with Crippen molar-refractivity contribution in [1.82, 2.24) is 20.1 Å². The van der Waals surface area contributed by atoms with Gasteiger partial charge in [0, 0.05) is 25.5 Å². The summed E-state index contributed by atoms with van der Waals surface area (Å²) in [5, 5.41) is 3.17. The van der Waals surface area contributed by atoms with Gasteiger partial charge >= 0.3 is 0 Å². The molecule has 1 aromatic heterocycles. The number of hydrogen-bond acceptors (Lipinski definition) is 4. The standard InChI is InChI=1S/C20H32N4O/c1-3-11-24-16-20(7-12-23(2)13-8-20)14-18(24)19(25)22-10-6-17-5-4-9-21-15-17/h4-5,9,15,18H,3,6-8,10-14,16H2,1-2H3,(H,22,25)/t18-/m0/s1. The molecule has 2 aliphatic heterocycles. The van der Waals surface area contributed by atoms with E-state index in [0.717, 1.165) is 45.4 Å². The van der Waals surface area contributed by atoms with Crippen LogP contribution in [0.4, 0.5) is 0 Å². The van der Waals surface area contributed by atoms with Crippen molar-refractivity contribution >= 4 is 5.91 Å². The summed E-state index contributed by atoms with van der Waals surface area (Å²) in [6, 6.07) is 4.06. The molecule has 5 heteroatoms. The Kier molecular flexibility index (Phi) is 6.07. The van der Waals surface area contributed by atoms with Crippen LogP contribution >= 0.6 is 0 Å². The molecule has 1 spiro atoms. The largest absolute Gasteiger partial charge is 0.354 e. The average Bonchev–Trinajstić information content (AvgIpc) is 2.97. The Hall–Kier alpha value is -1.46. The molecule has 2 fully saturated rings. The number of piperidine rings is 1. The molecule has 2 aliphatic rings. The molecular weight excluding hydrogens is 312 g/mol. The van der Waals surface area contributed by atoms with E-state index in [0.29, 0.717) is 12.0 Å². The summed E-state index contributed by atoms with van der Waals surface area (Å²) in [7, 11) is 2.20. The lowest BCUT2D eigenvalue weighted by Crippen LogP contribution is -2.44. The van der Waals surface area contributed by atoms with Crippen molar-refractivity contribution in [1.29, 1.82) is 0 Å². The van der Waals surface area contributed by atoms with E-state index in [2.05, 4.69) is 40.1 Å². The van der Waals surface area contributed by atoms with Crippen LogP contribution in [0.5, 0.6) is 0 Å². The highest BCUT2D eigenvalue weighted by atomic mass is 16.2. The highest BCUT2D eigenvalue weighted by Crippen LogP contribution is 2.43. The number of aromatic nitrogens is 1. The van der Waals surface area contributed by atoms with Gasteiger partial charge in [0.15, 0.2) is 0 Å². The van der Waals surface area contributed by atoms with Crippen LogP contribution in [0.15, 0.2) is 24.5 Å². The van der Waals surface area contributed by atoms with E-state index < -0.39 is 0 Å². The number of hydrogen-bond donors (Lipinski definition) is 1. The summed E-state index contributed by atoms with van der Waals surface area (Å²) in [5.41, 5.74) is 1.53. The quantitative estimate of drug-likeness (QED) is 0.857. The fraction of sp³-hybridized carbons (Fsp3) is 0.700. The second kappa shape index (κ2) is 8.28. The SMILES string of the molecule is CCCN1CC2(CCN(C)CC2)C[C@H]1C(=O)NCCc1cccnc1. The second-order valence-corrected chi connectivity index (χ2v) is 7.90. The van der Waals surface area contributed by atoms with Crippen LogP contribution in [0.2, 0.25) is 0 Å². The molecule has 0 unspecified atom stereocenters. The highest BCUT2D eigenvalue weighted by Gasteiger charge is 2.47. The summed E-state index contributed by atoms with van der Waals surface area (Å²) >= 11 is 0. The van der Waals surface area contributed by atoms with E-state index >= 15 is 0 Å². The van der Waals surface area contributed by atoms with Gasteiger partial charge in [0.25, 0.3) is 0 Å². The van der Waals surface area contributed by atoms with E-state index in [1.54, 1.807) is 6.20 Å². The van der Waals surface area contributed by atoms with E-state index in [9.17, 15) is 4.79 Å². The Labute approximate surface area is 151 Å². The van der Waals surface area contributed by atoms with Gasteiger partial charge in [0.2, 0.25) is 5.91 Å². The molecule has 3 heterocycles. The lowest BCUT2D eigenvalue weighted by Gasteiger charge is -2.37. The number of carbonyl (C=O) groups excluding carboxylic acids is 1. The van der Waals surface area contributed by atoms with Crippen LogP contribution in [0.25, 0.3) is 0 Å². The van der Waals surface area contributed by atoms with Gasteiger partial charge in [0.05, 0.1) is 6.04 Å². The Morgan fingerprint density at radius 2 is 2.20 bits per heavy atom. The van der Waals surface area contributed by atoms with E-state index in [-0.39, 0.29) is 11.9 Å². The smallest absolute Gasteiger partial charge is 0.237 e. The third-order valence-electron chi connectivity index (χ3n) is 5.90. The first-order valence-electron chi connectivity index (χ1n) is 9.71. The fourth-order valence-electron chi connectivity index (χ4n) is 4.37. The number of rotatable bonds is 6. The van der Waals surface area contributed by atoms with Crippen LogP contribution < -0.4 is 5.32 Å². The lowest BCUT2D eigenvalue weighted by molar-refractivity contribution is -0.125. The number of carbonyl (C=O) groups is 1. The van der Waals surface area contributed by atoms with Crippen LogP contribution in [-0.2, 0) is 11.2 Å². The monoisotopic (exact) mass is 344 g/mol. The zero-order chi connectivity index (χ0) is 17.7. The number of amides is 1. The van der Waals surface area contributed by atoms with Crippen molar-refractivity contribution in [2.45, 2.75) is 45.1 Å². The molecular formula is C20H32N4O. The Balaban J connectivity index is 1.55. The first-order chi connectivity index (χ1) is 12.1. The Bertz CT molecular complexity index is 554. The fourth-order valence-corrected chi connectivity index (χ4v) is 4.37. The van der Waals surface area contributed by atoms with Crippen molar-refractivity contribution in [2.24, 2.45) is 5.41 Å². The molecule has 25 heavy (non-hydrogen) atoms. The van der Waals surface area contributed by atoms with Crippen molar-refractivity contribution in [2.75, 3.05) is 39.8 Å². The third kappa shape index (κ3) is 4.59. The summed E-state index contributed by atoms with van der Waals surface area (Å²) < 4.78 is 0. The average molecular weight is 345 g/mol. The third-order valence-corrected chi connectivity index (χ3v) is 5.90. The van der Waals surface area contributed by atoms with Crippen molar-refractivity contribution in [3.8, 4) is 0 Å². The number of nitrogens with zero attached hydrogens (tertiary/aromatic N) is 3. The van der Waals surface area contributed by atoms with Crippen molar-refractivity contribution in [3.05, 3.63) is 30.1 Å². The highest BCUT2D eigenvalue weighted by molar-refractivity contribution is 5.82. The minimum absolute atomic E-state index is 0.0530. The number of nitrogens with one attached hydrogen (secondary N) is 1. The Morgan fingerprint density at radius 3 is 2.88 bits per heavy atom. The number of likely N-dealkylation sites (tertiary alicyclic amines) is 2. The van der Waals surface area contributed by atoms with E-state index in [1.165, 1.54) is 18.4 Å². The zero-order valence-electron chi connectivity index (χ0n) is 15.7. The molecule has 1 aromatic rings. The van der Waals surface area contributed by atoms with Gasteiger partial charge in [-0.15, -0.1) is 0 Å². The first-order valence-corrected chi connectivity index (χ1v) is 9.71. The zero-order valence-corrected chi connectivity index (χ0v) is 15.7. The maximum Gasteiger partial charge on any atom is 0.237 e. The maximum absolute atomic E-state index is 12.8. The van der Waals surface area contributed by atoms with Gasteiger partial charge in [-0.2, -0.15) is 0 Å². The van der Waals surface area contributed by atoms with Crippen LogP contribution in [0, 0.1) is 5.41 Å². The molecule has 138 valence electrons. The van der Waals surface area contributed by atoms with Crippen LogP contribution in [-0.4, -0.2) is 66.5 Å². The number of pyridine rings is 1. The summed E-state index contributed by atoms with van der Waals surface area (Å²) in [5.74, 6) is 0.216. The molecule has 0 bridgehead atoms. The topological polar surface area (TPSA) is 48.5 Å². The molecule has 3 rings (SSSR count). The molecule has 0 aliphatic carbocycles. The molecule has 2 saturated heterocycles. The van der Waals surface area contributed by atoms with Gasteiger partial charge < -0.3 is 10.2 Å². The lowest BCUT2D eigenvalue weighted by atomic mass is 9.76. The minimum Gasteiger partial charge on any atom is -0.354 e. The Morgan fingerprint density at radius 1 is 1.40 bits per heavy atom. The molecule has 0 aromatic carbocycles. The van der Waals surface area contributed by atoms with Crippen molar-refractivity contribution < 1.29 is 4.79 Å². The predicted molar refractivity (Wildman–Crippen MR) is 100 cm³/mol. The van der Waals surface area contributed by atoms with Crippen molar-refractivity contribution in [3.63, 3.8) is 0 Å². The van der Waals surface area contributed by atoms with Crippen LogP contribution in [0.3, 0.4) is 0 Å². The van der Waals surface area contributed by atoms with Crippen LogP contribution in [0.1, 0.15) is 38.2 Å². The van der Waals surface area contributed by atoms with E-state index in [1.807, 2.05) is 12.3 Å². The molecule has 5 nitrogen and oxygen atoms in total. The van der Waals surface area contributed by atoms with Gasteiger partial charge in [-0.05, 0) is 75.8 Å². The first kappa shape index (κ1) is 18.3. The molecule has 1 N–H and O–H groups in total. The maximum atomic E-state index is 12.8. The molecule has 1 atom stereocenters. The summed E-state index contributed by atoms with van der Waals surface area (Å²) in [6.07, 6.45) is 9.08. The second-order valence-electron chi connectivity index (χ2n) is 7.90. The van der Waals surface area contributed by atoms with Gasteiger partial charge in [-0.25, -0.2) is 0 Å². The summed E-state index contributed by atoms with van der Waals surface area (Å²) in [4.78, 5) is 21.8. The normalized spacial score (nSPS) is 23.8. The van der Waals surface area contributed by atoms with Gasteiger partial charge in [-0.1, -0.05) is 13.0 Å². The van der Waals surface area contributed by atoms with Gasteiger partial charge in [-0.3, -0.25) is 14.7 Å². The molecule has 0 radical (unpaired) electrons. The molecule has 0 saturated carbocycles. The van der Waals surface area contributed by atoms with Gasteiger partial charge in [0.1, 0.15) is 0 Å². The summed E-state index contributed by atoms with van der Waals surface area (Å²) in [6.45, 7) is 7.34. The minimum atomic E-state index is 0.0530. The molecule has 1 amide bonds. The predicted octanol–water partition coefficient (Wildman–Crippen LogP) is 1.94. The van der Waals surface area contributed by atoms with E-state index in [4.69, 9.17) is 0 Å².